The molecule has 2 aromatic carbocycles. The molecule has 0 spiro atoms. The van der Waals surface area contributed by atoms with Crippen molar-refractivity contribution in [1.29, 1.82) is 0 Å². The van der Waals surface area contributed by atoms with Crippen LogP contribution in [-0.4, -0.2) is 11.1 Å². The van der Waals surface area contributed by atoms with E-state index < -0.39 is 0 Å². The van der Waals surface area contributed by atoms with Crippen LogP contribution in [0.1, 0.15) is 16.7 Å². The molecule has 2 aromatic rings. The Balaban J connectivity index is 1.87. The summed E-state index contributed by atoms with van der Waals surface area (Å²) in [7, 11) is 0. The van der Waals surface area contributed by atoms with Gasteiger partial charge in [-0.05, 0) is 72.6 Å². The van der Waals surface area contributed by atoms with Crippen LogP contribution in [0.5, 0.6) is 0 Å². The lowest BCUT2D eigenvalue weighted by Gasteiger charge is -2.01. The number of aryl methyl sites for hydroxylation is 2. The molecule has 122 valence electrons. The quantitative estimate of drug-likeness (QED) is 0.702. The van der Waals surface area contributed by atoms with E-state index in [0.29, 0.717) is 20.1 Å². The molecule has 0 unspecified atom stereocenters. The van der Waals surface area contributed by atoms with Crippen molar-refractivity contribution in [2.24, 2.45) is 4.99 Å². The van der Waals surface area contributed by atoms with E-state index in [0.717, 1.165) is 22.4 Å². The fraction of sp³-hybridized carbons (Fsp3) is 0.111. The van der Waals surface area contributed by atoms with Gasteiger partial charge in [0, 0.05) is 10.0 Å². The second-order valence-corrected chi connectivity index (χ2v) is 7.37. The van der Waals surface area contributed by atoms with Crippen molar-refractivity contribution in [3.05, 3.63) is 68.0 Å². The third-order valence-corrected chi connectivity index (χ3v) is 4.81. The van der Waals surface area contributed by atoms with Gasteiger partial charge in [-0.2, -0.15) is 0 Å². The molecule has 1 aliphatic rings. The lowest BCUT2D eigenvalue weighted by Crippen LogP contribution is -2.19. The minimum absolute atomic E-state index is 0.186. The van der Waals surface area contributed by atoms with E-state index in [1.165, 1.54) is 11.8 Å². The molecule has 0 saturated carbocycles. The highest BCUT2D eigenvalue weighted by Crippen LogP contribution is 2.31. The van der Waals surface area contributed by atoms with E-state index in [1.807, 2.05) is 26.0 Å². The van der Waals surface area contributed by atoms with E-state index in [4.69, 9.17) is 23.2 Å². The number of nitrogens with zero attached hydrogens (tertiary/aromatic N) is 1. The third kappa shape index (κ3) is 4.01. The zero-order valence-electron chi connectivity index (χ0n) is 13.1. The van der Waals surface area contributed by atoms with Gasteiger partial charge in [0.2, 0.25) is 0 Å². The van der Waals surface area contributed by atoms with Gasteiger partial charge < -0.3 is 5.32 Å². The molecule has 24 heavy (non-hydrogen) atoms. The molecule has 1 N–H and O–H groups in total. The van der Waals surface area contributed by atoms with E-state index in [1.54, 1.807) is 24.3 Å². The minimum atomic E-state index is -0.186. The molecule has 0 atom stereocenters. The van der Waals surface area contributed by atoms with Crippen molar-refractivity contribution < 1.29 is 4.79 Å². The number of carbonyl (C=O) groups excluding carboxylic acids is 1. The van der Waals surface area contributed by atoms with E-state index in [9.17, 15) is 4.79 Å². The van der Waals surface area contributed by atoms with E-state index in [2.05, 4.69) is 16.4 Å². The van der Waals surface area contributed by atoms with Crippen LogP contribution in [0.15, 0.2) is 46.3 Å². The predicted octanol–water partition coefficient (Wildman–Crippen LogP) is 5.50. The van der Waals surface area contributed by atoms with Crippen molar-refractivity contribution in [3.8, 4) is 0 Å². The zero-order chi connectivity index (χ0) is 17.3. The largest absolute Gasteiger partial charge is 0.300 e. The summed E-state index contributed by atoms with van der Waals surface area (Å²) in [5, 5.41) is 4.40. The van der Waals surface area contributed by atoms with Crippen LogP contribution in [-0.2, 0) is 4.79 Å². The number of halogens is 2. The lowest BCUT2D eigenvalue weighted by atomic mass is 10.1. The Labute approximate surface area is 154 Å². The normalized spacial score (nSPS) is 17.6. The summed E-state index contributed by atoms with van der Waals surface area (Å²) in [6.07, 6.45) is 1.74. The number of rotatable bonds is 2. The summed E-state index contributed by atoms with van der Waals surface area (Å²) >= 11 is 13.3. The molecule has 3 rings (SSSR count). The SMILES string of the molecule is Cc1cc(C)cc(N=C2NC(=O)C(=Cc3ccc(Cl)cc3Cl)S2)c1. The van der Waals surface area contributed by atoms with Gasteiger partial charge in [0.15, 0.2) is 5.17 Å². The summed E-state index contributed by atoms with van der Waals surface area (Å²) in [6.45, 7) is 4.04. The zero-order valence-corrected chi connectivity index (χ0v) is 15.4. The summed E-state index contributed by atoms with van der Waals surface area (Å²) < 4.78 is 0. The monoisotopic (exact) mass is 376 g/mol. The van der Waals surface area contributed by atoms with Crippen LogP contribution < -0.4 is 5.32 Å². The molecule has 1 saturated heterocycles. The molecule has 1 heterocycles. The maximum absolute atomic E-state index is 12.1. The van der Waals surface area contributed by atoms with Crippen LogP contribution in [0.25, 0.3) is 6.08 Å². The first-order valence-electron chi connectivity index (χ1n) is 7.23. The molecule has 0 aliphatic carbocycles. The topological polar surface area (TPSA) is 41.5 Å². The Bertz CT molecular complexity index is 870. The van der Waals surface area contributed by atoms with Crippen LogP contribution in [0.3, 0.4) is 0 Å². The van der Waals surface area contributed by atoms with Crippen molar-refractivity contribution in [2.45, 2.75) is 13.8 Å². The Morgan fingerprint density at radius 3 is 2.46 bits per heavy atom. The average Bonchev–Trinajstić information content (AvgIpc) is 2.80. The van der Waals surface area contributed by atoms with Gasteiger partial charge in [0.1, 0.15) is 0 Å². The molecular weight excluding hydrogens is 363 g/mol. The Hall–Kier alpha value is -1.75. The molecular formula is C18H14Cl2N2OS. The van der Waals surface area contributed by atoms with Gasteiger partial charge in [-0.3, -0.25) is 4.79 Å². The lowest BCUT2D eigenvalue weighted by molar-refractivity contribution is -0.115. The number of amides is 1. The van der Waals surface area contributed by atoms with Crippen LogP contribution in [0, 0.1) is 13.8 Å². The highest BCUT2D eigenvalue weighted by atomic mass is 35.5. The van der Waals surface area contributed by atoms with E-state index >= 15 is 0 Å². The summed E-state index contributed by atoms with van der Waals surface area (Å²) in [4.78, 5) is 17.2. The first-order chi connectivity index (χ1) is 11.4. The molecule has 0 radical (unpaired) electrons. The number of amidine groups is 1. The molecule has 6 heteroatoms. The van der Waals surface area contributed by atoms with Crippen molar-refractivity contribution in [2.75, 3.05) is 0 Å². The Morgan fingerprint density at radius 2 is 1.79 bits per heavy atom. The molecule has 0 bridgehead atoms. The van der Waals surface area contributed by atoms with Crippen molar-refractivity contribution >= 4 is 57.8 Å². The van der Waals surface area contributed by atoms with E-state index in [-0.39, 0.29) is 5.91 Å². The standard InChI is InChI=1S/C18H14Cl2N2OS/c1-10-5-11(2)7-14(6-10)21-18-22-17(23)16(24-18)8-12-3-4-13(19)9-15(12)20/h3-9H,1-2H3,(H,21,22,23). The summed E-state index contributed by atoms with van der Waals surface area (Å²) in [5.74, 6) is -0.186. The minimum Gasteiger partial charge on any atom is -0.300 e. The fourth-order valence-electron chi connectivity index (χ4n) is 2.37. The molecule has 0 aromatic heterocycles. The van der Waals surface area contributed by atoms with Crippen LogP contribution in [0.2, 0.25) is 10.0 Å². The van der Waals surface area contributed by atoms with Gasteiger partial charge in [0.25, 0.3) is 5.91 Å². The van der Waals surface area contributed by atoms with Gasteiger partial charge in [0.05, 0.1) is 10.6 Å². The number of nitrogens with one attached hydrogen (secondary N) is 1. The summed E-state index contributed by atoms with van der Waals surface area (Å²) in [5.41, 5.74) is 3.83. The number of benzene rings is 2. The van der Waals surface area contributed by atoms with Gasteiger partial charge in [-0.15, -0.1) is 0 Å². The number of aliphatic imine (C=N–C) groups is 1. The third-order valence-electron chi connectivity index (χ3n) is 3.34. The fourth-order valence-corrected chi connectivity index (χ4v) is 3.67. The van der Waals surface area contributed by atoms with Crippen molar-refractivity contribution in [1.82, 2.24) is 5.32 Å². The number of hydrogen-bond donors (Lipinski definition) is 1. The second kappa shape index (κ2) is 7.01. The molecule has 3 nitrogen and oxygen atoms in total. The first-order valence-corrected chi connectivity index (χ1v) is 8.81. The number of hydrogen-bond acceptors (Lipinski definition) is 3. The summed E-state index contributed by atoms with van der Waals surface area (Å²) in [6, 6.07) is 11.2. The van der Waals surface area contributed by atoms with Gasteiger partial charge in [-0.25, -0.2) is 4.99 Å². The molecule has 1 amide bonds. The highest BCUT2D eigenvalue weighted by molar-refractivity contribution is 8.18. The highest BCUT2D eigenvalue weighted by Gasteiger charge is 2.24. The number of carbonyl (C=O) groups is 1. The molecule has 1 aliphatic heterocycles. The van der Waals surface area contributed by atoms with Gasteiger partial charge in [-0.1, -0.05) is 35.3 Å². The average molecular weight is 377 g/mol. The molecule has 1 fully saturated rings. The first kappa shape index (κ1) is 17.1. The Kier molecular flexibility index (Phi) is 4.99. The van der Waals surface area contributed by atoms with Gasteiger partial charge >= 0.3 is 0 Å². The van der Waals surface area contributed by atoms with Crippen molar-refractivity contribution in [3.63, 3.8) is 0 Å². The predicted molar refractivity (Wildman–Crippen MR) is 103 cm³/mol. The maximum Gasteiger partial charge on any atom is 0.264 e. The number of thioether (sulfide) groups is 1. The smallest absolute Gasteiger partial charge is 0.264 e. The second-order valence-electron chi connectivity index (χ2n) is 5.49. The Morgan fingerprint density at radius 1 is 1.08 bits per heavy atom. The van der Waals surface area contributed by atoms with Crippen LogP contribution in [0.4, 0.5) is 5.69 Å². The maximum atomic E-state index is 12.1. The van der Waals surface area contributed by atoms with Crippen LogP contribution >= 0.6 is 35.0 Å².